The largest absolute Gasteiger partial charge is 0.443 e. The van der Waals surface area contributed by atoms with E-state index in [1.165, 1.54) is 0 Å². The summed E-state index contributed by atoms with van der Waals surface area (Å²) in [5, 5.41) is 2.04. The third-order valence-electron chi connectivity index (χ3n) is 3.14. The van der Waals surface area contributed by atoms with Crippen molar-refractivity contribution < 1.29 is 9.53 Å². The minimum atomic E-state index is -0.450. The van der Waals surface area contributed by atoms with Crippen LogP contribution in [-0.4, -0.2) is 17.3 Å². The Kier molecular flexibility index (Phi) is 2.91. The van der Waals surface area contributed by atoms with Gasteiger partial charge in [0.25, 0.3) is 0 Å². The molecule has 2 N–H and O–H groups in total. The van der Waals surface area contributed by atoms with E-state index in [0.717, 1.165) is 21.8 Å². The molecule has 0 unspecified atom stereocenters. The lowest BCUT2D eigenvalue weighted by Crippen LogP contribution is -2.16. The Bertz CT molecular complexity index is 764. The van der Waals surface area contributed by atoms with Crippen LogP contribution in [0.25, 0.3) is 21.8 Å². The maximum Gasteiger partial charge on any atom is 0.419 e. The molecule has 4 heteroatoms. The Morgan fingerprint density at radius 2 is 1.55 bits per heavy atom. The predicted octanol–water partition coefficient (Wildman–Crippen LogP) is 3.25. The van der Waals surface area contributed by atoms with Gasteiger partial charge in [-0.1, -0.05) is 43.0 Å². The van der Waals surface area contributed by atoms with Gasteiger partial charge in [-0.25, -0.2) is 9.36 Å². The number of ether oxygens (including phenoxy) is 1. The number of fused-ring (bicyclic) bond motifs is 3. The maximum atomic E-state index is 12.3. The number of carbonyl (C=O) groups is 1. The molecule has 0 amide bonds. The van der Waals surface area contributed by atoms with Crippen molar-refractivity contribution in [3.8, 4) is 0 Å². The summed E-state index contributed by atoms with van der Waals surface area (Å²) in [6.45, 7) is 3.54. The van der Waals surface area contributed by atoms with Crippen LogP contribution >= 0.6 is 0 Å². The van der Waals surface area contributed by atoms with Crippen LogP contribution in [0.1, 0.15) is 0 Å². The Hall–Kier alpha value is -2.75. The summed E-state index contributed by atoms with van der Waals surface area (Å²) >= 11 is 0. The fourth-order valence-electron chi connectivity index (χ4n) is 2.34. The van der Waals surface area contributed by atoms with Gasteiger partial charge in [0.1, 0.15) is 6.61 Å². The van der Waals surface area contributed by atoms with E-state index in [4.69, 9.17) is 10.5 Å². The van der Waals surface area contributed by atoms with Crippen molar-refractivity contribution in [2.24, 2.45) is 5.73 Å². The van der Waals surface area contributed by atoms with Crippen molar-refractivity contribution in [1.82, 2.24) is 4.57 Å². The van der Waals surface area contributed by atoms with Crippen molar-refractivity contribution in [2.75, 3.05) is 6.61 Å². The van der Waals surface area contributed by atoms with Crippen LogP contribution in [-0.2, 0) is 4.74 Å². The normalized spacial score (nSPS) is 10.8. The smallest absolute Gasteiger partial charge is 0.419 e. The first-order chi connectivity index (χ1) is 9.68. The average molecular weight is 266 g/mol. The zero-order valence-corrected chi connectivity index (χ0v) is 10.9. The minimum absolute atomic E-state index is 0.0136. The lowest BCUT2D eigenvalue weighted by molar-refractivity contribution is 0.159. The van der Waals surface area contributed by atoms with Gasteiger partial charge < -0.3 is 10.5 Å². The summed E-state index contributed by atoms with van der Waals surface area (Å²) in [7, 11) is 0. The minimum Gasteiger partial charge on any atom is -0.443 e. The standard InChI is InChI=1S/C16H14N2O2/c1-11(17)10-20-16(19)18-14-8-4-2-6-12(14)13-7-3-5-9-15(13)18/h2-9H,1,10,17H2. The lowest BCUT2D eigenvalue weighted by Gasteiger charge is -2.07. The summed E-state index contributed by atoms with van der Waals surface area (Å²) < 4.78 is 6.73. The van der Waals surface area contributed by atoms with Gasteiger partial charge in [-0.05, 0) is 12.1 Å². The fourth-order valence-corrected chi connectivity index (χ4v) is 2.34. The second-order valence-electron chi connectivity index (χ2n) is 4.58. The number of aromatic nitrogens is 1. The zero-order valence-electron chi connectivity index (χ0n) is 10.9. The van der Waals surface area contributed by atoms with Gasteiger partial charge in [-0.3, -0.25) is 0 Å². The highest BCUT2D eigenvalue weighted by molar-refractivity contribution is 6.12. The Balaban J connectivity index is 2.21. The predicted molar refractivity (Wildman–Crippen MR) is 79.5 cm³/mol. The molecule has 0 atom stereocenters. The molecule has 0 aliphatic carbocycles. The Morgan fingerprint density at radius 1 is 1.05 bits per heavy atom. The molecule has 0 fully saturated rings. The van der Waals surface area contributed by atoms with Crippen molar-refractivity contribution in [1.29, 1.82) is 0 Å². The molecule has 0 saturated carbocycles. The third kappa shape index (κ3) is 1.91. The Morgan fingerprint density at radius 3 is 2.05 bits per heavy atom. The topological polar surface area (TPSA) is 57.2 Å². The first-order valence-corrected chi connectivity index (χ1v) is 6.27. The van der Waals surface area contributed by atoms with Gasteiger partial charge in [-0.15, -0.1) is 0 Å². The van der Waals surface area contributed by atoms with Gasteiger partial charge >= 0.3 is 6.09 Å². The number of rotatable bonds is 2. The van der Waals surface area contributed by atoms with Crippen LogP contribution in [0, 0.1) is 0 Å². The molecule has 1 heterocycles. The van der Waals surface area contributed by atoms with E-state index < -0.39 is 6.09 Å². The molecule has 4 nitrogen and oxygen atoms in total. The molecule has 0 aliphatic heterocycles. The Labute approximate surface area is 116 Å². The monoisotopic (exact) mass is 266 g/mol. The number of hydrogen-bond donors (Lipinski definition) is 1. The third-order valence-corrected chi connectivity index (χ3v) is 3.14. The van der Waals surface area contributed by atoms with Crippen LogP contribution in [0.4, 0.5) is 4.79 Å². The summed E-state index contributed by atoms with van der Waals surface area (Å²) in [5.74, 6) is 0. The quantitative estimate of drug-likeness (QED) is 0.774. The highest BCUT2D eigenvalue weighted by Gasteiger charge is 2.16. The van der Waals surface area contributed by atoms with Gasteiger partial charge in [0.15, 0.2) is 0 Å². The molecule has 3 rings (SSSR count). The highest BCUT2D eigenvalue weighted by Crippen LogP contribution is 2.28. The van der Waals surface area contributed by atoms with Crippen molar-refractivity contribution >= 4 is 27.9 Å². The molecule has 0 saturated heterocycles. The van der Waals surface area contributed by atoms with Crippen LogP contribution in [0.2, 0.25) is 0 Å². The van der Waals surface area contributed by atoms with Gasteiger partial charge in [-0.2, -0.15) is 0 Å². The first kappa shape index (κ1) is 12.3. The van der Waals surface area contributed by atoms with Gasteiger partial charge in [0, 0.05) is 16.5 Å². The average Bonchev–Trinajstić information content (AvgIpc) is 2.79. The summed E-state index contributed by atoms with van der Waals surface area (Å²) in [6.07, 6.45) is -0.450. The molecule has 3 aromatic rings. The van der Waals surface area contributed by atoms with Crippen molar-refractivity contribution in [3.05, 3.63) is 60.8 Å². The summed E-state index contributed by atoms with van der Waals surface area (Å²) in [4.78, 5) is 12.3. The molecule has 1 aromatic heterocycles. The van der Waals surface area contributed by atoms with Crippen LogP contribution < -0.4 is 5.73 Å². The van der Waals surface area contributed by atoms with Crippen LogP contribution in [0.15, 0.2) is 60.8 Å². The van der Waals surface area contributed by atoms with E-state index in [1.807, 2.05) is 48.5 Å². The molecule has 0 radical (unpaired) electrons. The molecular formula is C16H14N2O2. The maximum absolute atomic E-state index is 12.3. The zero-order chi connectivity index (χ0) is 14.1. The van der Waals surface area contributed by atoms with Crippen LogP contribution in [0.3, 0.4) is 0 Å². The molecule has 100 valence electrons. The highest BCUT2D eigenvalue weighted by atomic mass is 16.5. The number of nitrogens with two attached hydrogens (primary N) is 1. The summed E-state index contributed by atoms with van der Waals surface area (Å²) in [5.41, 5.74) is 7.40. The van der Waals surface area contributed by atoms with Crippen LogP contribution in [0.5, 0.6) is 0 Å². The molecule has 2 aromatic carbocycles. The van der Waals surface area contributed by atoms with E-state index in [0.29, 0.717) is 5.70 Å². The van der Waals surface area contributed by atoms with Gasteiger partial charge in [0.05, 0.1) is 11.0 Å². The number of benzene rings is 2. The van der Waals surface area contributed by atoms with E-state index in [9.17, 15) is 4.79 Å². The van der Waals surface area contributed by atoms with Crippen molar-refractivity contribution in [3.63, 3.8) is 0 Å². The lowest BCUT2D eigenvalue weighted by atomic mass is 10.2. The van der Waals surface area contributed by atoms with Crippen molar-refractivity contribution in [2.45, 2.75) is 0 Å². The molecule has 0 bridgehead atoms. The van der Waals surface area contributed by atoms with E-state index in [2.05, 4.69) is 6.58 Å². The molecule has 20 heavy (non-hydrogen) atoms. The summed E-state index contributed by atoms with van der Waals surface area (Å²) in [6, 6.07) is 15.5. The SMILES string of the molecule is C=C(N)COC(=O)n1c2ccccc2c2ccccc21. The molecular weight excluding hydrogens is 252 g/mol. The number of para-hydroxylation sites is 2. The van der Waals surface area contributed by atoms with Gasteiger partial charge in [0.2, 0.25) is 0 Å². The first-order valence-electron chi connectivity index (χ1n) is 6.27. The fraction of sp³-hybridized carbons (Fsp3) is 0.0625. The van der Waals surface area contributed by atoms with E-state index in [1.54, 1.807) is 4.57 Å². The number of carbonyl (C=O) groups excluding carboxylic acids is 1. The second-order valence-corrected chi connectivity index (χ2v) is 4.58. The molecule has 0 aliphatic rings. The number of nitrogens with zero attached hydrogens (tertiary/aromatic N) is 1. The van der Waals surface area contributed by atoms with E-state index >= 15 is 0 Å². The second kappa shape index (κ2) is 4.74. The number of hydrogen-bond acceptors (Lipinski definition) is 3. The molecule has 0 spiro atoms. The van der Waals surface area contributed by atoms with E-state index in [-0.39, 0.29) is 6.61 Å².